The van der Waals surface area contributed by atoms with Crippen molar-refractivity contribution < 1.29 is 19.8 Å². The van der Waals surface area contributed by atoms with Gasteiger partial charge in [-0.3, -0.25) is 4.79 Å². The van der Waals surface area contributed by atoms with E-state index in [-0.39, 0.29) is 17.7 Å². The summed E-state index contributed by atoms with van der Waals surface area (Å²) in [4.78, 5) is 22.4. The van der Waals surface area contributed by atoms with Crippen LogP contribution in [-0.2, 0) is 9.59 Å². The molecule has 1 rings (SSSR count). The lowest BCUT2D eigenvalue weighted by Crippen LogP contribution is -2.29. The first-order chi connectivity index (χ1) is 8.93. The maximum Gasteiger partial charge on any atom is 0.331 e. The van der Waals surface area contributed by atoms with Crippen LogP contribution in [0.5, 0.6) is 0 Å². The summed E-state index contributed by atoms with van der Waals surface area (Å²) in [5.41, 5.74) is 0.818. The lowest BCUT2D eigenvalue weighted by Gasteiger charge is -2.12. The quantitative estimate of drug-likeness (QED) is 0.698. The van der Waals surface area contributed by atoms with E-state index in [0.717, 1.165) is 0 Å². The molecule has 102 valence electrons. The number of aliphatic carboxylic acids is 1. The lowest BCUT2D eigenvalue weighted by molar-refractivity contribution is -0.133. The zero-order chi connectivity index (χ0) is 14.4. The summed E-state index contributed by atoms with van der Waals surface area (Å²) in [6.45, 7) is 2.84. The molecule has 5 heteroatoms. The van der Waals surface area contributed by atoms with Gasteiger partial charge in [-0.05, 0) is 19.4 Å². The maximum absolute atomic E-state index is 11.7. The van der Waals surface area contributed by atoms with Crippen molar-refractivity contribution in [3.8, 4) is 0 Å². The molecule has 1 amide bonds. The predicted molar refractivity (Wildman–Crippen MR) is 70.4 cm³/mol. The summed E-state index contributed by atoms with van der Waals surface area (Å²) in [6.07, 6.45) is -0.817. The van der Waals surface area contributed by atoms with Gasteiger partial charge in [-0.15, -0.1) is 0 Å². The average molecular weight is 263 g/mol. The van der Waals surface area contributed by atoms with E-state index in [1.54, 1.807) is 24.3 Å². The van der Waals surface area contributed by atoms with Crippen LogP contribution in [0.15, 0.2) is 41.5 Å². The minimum absolute atomic E-state index is 0.00768. The van der Waals surface area contributed by atoms with Crippen LogP contribution < -0.4 is 5.32 Å². The third kappa shape index (κ3) is 4.22. The van der Waals surface area contributed by atoms with Gasteiger partial charge in [-0.25, -0.2) is 4.79 Å². The largest absolute Gasteiger partial charge is 0.478 e. The molecule has 3 N–H and O–H groups in total. The highest BCUT2D eigenvalue weighted by molar-refractivity contribution is 6.01. The van der Waals surface area contributed by atoms with E-state index in [4.69, 9.17) is 5.11 Å². The fraction of sp³-hybridized carbons (Fsp3) is 0.286. The number of carbonyl (C=O) groups is 2. The molecule has 0 saturated heterocycles. The van der Waals surface area contributed by atoms with Crippen LogP contribution >= 0.6 is 0 Å². The molecule has 0 aliphatic rings. The van der Waals surface area contributed by atoms with Crippen molar-refractivity contribution in [2.45, 2.75) is 20.0 Å². The Hall–Kier alpha value is -2.14. The Labute approximate surface area is 111 Å². The normalized spacial score (nSPS) is 13.4. The minimum atomic E-state index is -1.13. The number of carbonyl (C=O) groups excluding carboxylic acids is 1. The Kier molecular flexibility index (Phi) is 5.26. The third-order valence-electron chi connectivity index (χ3n) is 2.86. The molecule has 0 aliphatic heterocycles. The van der Waals surface area contributed by atoms with E-state index in [9.17, 15) is 14.7 Å². The van der Waals surface area contributed by atoms with Crippen molar-refractivity contribution in [3.63, 3.8) is 0 Å². The first kappa shape index (κ1) is 14.9. The van der Waals surface area contributed by atoms with Crippen LogP contribution in [0.1, 0.15) is 25.5 Å². The molecule has 0 bridgehead atoms. The van der Waals surface area contributed by atoms with Gasteiger partial charge in [0.2, 0.25) is 5.91 Å². The number of hydrogen-bond acceptors (Lipinski definition) is 3. The molecule has 0 heterocycles. The monoisotopic (exact) mass is 263 g/mol. The number of hydrogen-bond donors (Lipinski definition) is 3. The Morgan fingerprint density at radius 1 is 1.16 bits per heavy atom. The molecule has 19 heavy (non-hydrogen) atoms. The van der Waals surface area contributed by atoms with Crippen LogP contribution in [0, 0.1) is 0 Å². The highest BCUT2D eigenvalue weighted by atomic mass is 16.4. The topological polar surface area (TPSA) is 86.6 Å². The third-order valence-corrected chi connectivity index (χ3v) is 2.86. The van der Waals surface area contributed by atoms with Gasteiger partial charge in [0.25, 0.3) is 0 Å². The fourth-order valence-electron chi connectivity index (χ4n) is 1.45. The number of aliphatic hydroxyl groups excluding tert-OH is 1. The summed E-state index contributed by atoms with van der Waals surface area (Å²) in [7, 11) is 0. The molecule has 1 unspecified atom stereocenters. The number of rotatable bonds is 5. The lowest BCUT2D eigenvalue weighted by atomic mass is 10.1. The van der Waals surface area contributed by atoms with E-state index in [1.165, 1.54) is 13.8 Å². The number of benzene rings is 1. The first-order valence-corrected chi connectivity index (χ1v) is 5.85. The summed E-state index contributed by atoms with van der Waals surface area (Å²) >= 11 is 0. The second kappa shape index (κ2) is 6.70. The number of carboxylic acid groups (broad SMARTS) is 1. The van der Waals surface area contributed by atoms with E-state index >= 15 is 0 Å². The van der Waals surface area contributed by atoms with Gasteiger partial charge in [0, 0.05) is 17.7 Å². The zero-order valence-corrected chi connectivity index (χ0v) is 10.9. The number of aliphatic hydroxyl groups is 1. The van der Waals surface area contributed by atoms with Gasteiger partial charge in [0.15, 0.2) is 0 Å². The molecule has 0 fully saturated rings. The smallest absolute Gasteiger partial charge is 0.331 e. The average Bonchev–Trinajstić information content (AvgIpc) is 2.43. The molecular weight excluding hydrogens is 246 g/mol. The Balaban J connectivity index is 2.61. The van der Waals surface area contributed by atoms with Gasteiger partial charge >= 0.3 is 5.97 Å². The summed E-state index contributed by atoms with van der Waals surface area (Å²) in [5, 5.41) is 21.1. The van der Waals surface area contributed by atoms with Gasteiger partial charge in [0.1, 0.15) is 0 Å². The van der Waals surface area contributed by atoms with Crippen LogP contribution in [0.4, 0.5) is 0 Å². The molecule has 0 saturated carbocycles. The summed E-state index contributed by atoms with van der Waals surface area (Å²) < 4.78 is 0. The van der Waals surface area contributed by atoms with E-state index in [1.807, 2.05) is 6.07 Å². The zero-order valence-electron chi connectivity index (χ0n) is 10.9. The van der Waals surface area contributed by atoms with Gasteiger partial charge in [-0.2, -0.15) is 0 Å². The Morgan fingerprint density at radius 3 is 2.26 bits per heavy atom. The summed E-state index contributed by atoms with van der Waals surface area (Å²) in [5.74, 6) is -1.62. The molecule has 1 atom stereocenters. The van der Waals surface area contributed by atoms with Crippen molar-refractivity contribution in [2.24, 2.45) is 0 Å². The number of carboxylic acids is 1. The van der Waals surface area contributed by atoms with Crippen molar-refractivity contribution in [2.75, 3.05) is 6.54 Å². The molecule has 0 aromatic heterocycles. The Bertz CT molecular complexity index is 493. The van der Waals surface area contributed by atoms with E-state index in [0.29, 0.717) is 5.56 Å². The number of nitrogens with one attached hydrogen (secondary N) is 1. The van der Waals surface area contributed by atoms with E-state index < -0.39 is 18.0 Å². The molecule has 0 radical (unpaired) electrons. The van der Waals surface area contributed by atoms with Crippen molar-refractivity contribution in [1.29, 1.82) is 0 Å². The minimum Gasteiger partial charge on any atom is -0.478 e. The van der Waals surface area contributed by atoms with Gasteiger partial charge in [-0.1, -0.05) is 30.3 Å². The Morgan fingerprint density at radius 2 is 1.74 bits per heavy atom. The van der Waals surface area contributed by atoms with E-state index in [2.05, 4.69) is 5.32 Å². The fourth-order valence-corrected chi connectivity index (χ4v) is 1.45. The molecule has 1 aromatic rings. The van der Waals surface area contributed by atoms with Crippen molar-refractivity contribution >= 4 is 11.9 Å². The highest BCUT2D eigenvalue weighted by Crippen LogP contribution is 2.11. The van der Waals surface area contributed by atoms with Crippen LogP contribution in [0.2, 0.25) is 0 Å². The van der Waals surface area contributed by atoms with Crippen LogP contribution in [-0.4, -0.2) is 28.6 Å². The molecule has 0 aliphatic carbocycles. The summed E-state index contributed by atoms with van der Waals surface area (Å²) in [6, 6.07) is 8.92. The van der Waals surface area contributed by atoms with Crippen LogP contribution in [0.25, 0.3) is 0 Å². The highest BCUT2D eigenvalue weighted by Gasteiger charge is 2.14. The number of amides is 1. The van der Waals surface area contributed by atoms with Crippen molar-refractivity contribution in [3.05, 3.63) is 47.0 Å². The molecular formula is C14H17NO4. The van der Waals surface area contributed by atoms with Gasteiger partial charge in [0.05, 0.1) is 6.10 Å². The second-order valence-corrected chi connectivity index (χ2v) is 4.19. The predicted octanol–water partition coefficient (Wildman–Crippen LogP) is 1.26. The van der Waals surface area contributed by atoms with Crippen molar-refractivity contribution in [1.82, 2.24) is 5.32 Å². The van der Waals surface area contributed by atoms with Gasteiger partial charge < -0.3 is 15.5 Å². The molecule has 5 nitrogen and oxygen atoms in total. The SMILES string of the molecule is CC(C(=O)O)=C(C)C(=O)NCC(O)c1ccccc1. The molecule has 0 spiro atoms. The second-order valence-electron chi connectivity index (χ2n) is 4.19. The van der Waals surface area contributed by atoms with Crippen LogP contribution in [0.3, 0.4) is 0 Å². The standard InChI is InChI=1S/C14H17NO4/c1-9(10(2)14(18)19)13(17)15-8-12(16)11-6-4-3-5-7-11/h3-7,12,16H,8H2,1-2H3,(H,15,17)(H,18,19). The molecule has 1 aromatic carbocycles. The maximum atomic E-state index is 11.7. The first-order valence-electron chi connectivity index (χ1n) is 5.85.